The zero-order valence-corrected chi connectivity index (χ0v) is 8.39. The molecule has 0 aromatic heterocycles. The summed E-state index contributed by atoms with van der Waals surface area (Å²) in [7, 11) is 0. The number of carbonyl (C=O) groups excluding carboxylic acids is 1. The second-order valence-corrected chi connectivity index (χ2v) is 2.68. The number of ketones is 1. The van der Waals surface area contributed by atoms with Crippen LogP contribution >= 0.6 is 0 Å². The zero-order chi connectivity index (χ0) is 4.99. The molecule has 0 aliphatic heterocycles. The summed E-state index contributed by atoms with van der Waals surface area (Å²) in [5.41, 5.74) is 0. The standard InChI is InChI=1S/C4H7O.Pb.H/c1-3-4(2)5;;/h2-3H2,1H3;;. The summed E-state index contributed by atoms with van der Waals surface area (Å²) in [6, 6.07) is 0. The second-order valence-electron chi connectivity index (χ2n) is 1.10. The van der Waals surface area contributed by atoms with E-state index >= 15 is 0 Å². The maximum atomic E-state index is 10.2. The van der Waals surface area contributed by atoms with Crippen molar-refractivity contribution in [3.05, 3.63) is 0 Å². The fourth-order valence-corrected chi connectivity index (χ4v) is 1.27. The average molecular weight is 279 g/mol. The minimum absolute atomic E-state index is 0.417. The Hall–Kier alpha value is 0.592. The Bertz CT molecular complexity index is 45.5. The van der Waals surface area contributed by atoms with Gasteiger partial charge in [0, 0.05) is 0 Å². The minimum atomic E-state index is 0.417. The second kappa shape index (κ2) is 3.77. The van der Waals surface area contributed by atoms with Gasteiger partial charge in [0.15, 0.2) is 0 Å². The van der Waals surface area contributed by atoms with E-state index in [9.17, 15) is 4.79 Å². The summed E-state index contributed by atoms with van der Waals surface area (Å²) < 4.78 is 0.858. The van der Waals surface area contributed by atoms with Gasteiger partial charge < -0.3 is 0 Å². The van der Waals surface area contributed by atoms with Crippen molar-refractivity contribution in [1.82, 2.24) is 0 Å². The number of hydrogen-bond donors (Lipinski definition) is 0. The van der Waals surface area contributed by atoms with Gasteiger partial charge in [0.05, 0.1) is 0 Å². The van der Waals surface area contributed by atoms with Crippen LogP contribution in [-0.2, 0) is 4.79 Å². The fourth-order valence-electron chi connectivity index (χ4n) is 0.144. The Morgan fingerprint density at radius 3 is 2.33 bits per heavy atom. The van der Waals surface area contributed by atoms with Gasteiger partial charge in [-0.2, -0.15) is 0 Å². The maximum absolute atomic E-state index is 10.2. The molecule has 0 atom stereocenters. The van der Waals surface area contributed by atoms with E-state index in [4.69, 9.17) is 0 Å². The summed E-state index contributed by atoms with van der Waals surface area (Å²) in [6.45, 7) is 1.91. The van der Waals surface area contributed by atoms with Crippen molar-refractivity contribution in [3.63, 3.8) is 0 Å². The predicted molar refractivity (Wildman–Crippen MR) is 27.3 cm³/mol. The molecule has 0 aromatic carbocycles. The molecule has 0 saturated heterocycles. The van der Waals surface area contributed by atoms with Gasteiger partial charge in [0.1, 0.15) is 0 Å². The van der Waals surface area contributed by atoms with Crippen LogP contribution in [0.4, 0.5) is 0 Å². The van der Waals surface area contributed by atoms with Crippen LogP contribution in [-0.4, -0.2) is 31.6 Å². The Morgan fingerprint density at radius 1 is 1.83 bits per heavy atom. The van der Waals surface area contributed by atoms with Crippen molar-refractivity contribution >= 4 is 31.6 Å². The molecule has 0 heterocycles. The molecule has 0 bridgehead atoms. The fraction of sp³-hybridized carbons (Fsp3) is 0.750. The molecule has 0 aliphatic carbocycles. The van der Waals surface area contributed by atoms with Gasteiger partial charge in [-0.15, -0.1) is 0 Å². The van der Waals surface area contributed by atoms with E-state index in [0.29, 0.717) is 5.78 Å². The molecule has 0 amide bonds. The molecule has 0 fully saturated rings. The molecular weight excluding hydrogens is 271 g/mol. The molecule has 0 N–H and O–H groups in total. The zero-order valence-electron chi connectivity index (χ0n) is 3.90. The van der Waals surface area contributed by atoms with Crippen molar-refractivity contribution < 1.29 is 4.79 Å². The Balaban J connectivity index is 2.99. The summed E-state index contributed by atoms with van der Waals surface area (Å²) in [5, 5.41) is 0. The van der Waals surface area contributed by atoms with Gasteiger partial charge >= 0.3 is 53.7 Å². The van der Waals surface area contributed by atoms with Crippen LogP contribution < -0.4 is 0 Å². The van der Waals surface area contributed by atoms with Crippen LogP contribution in [0.25, 0.3) is 0 Å². The average Bonchev–Trinajstić information content (AvgIpc) is 1.65. The molecule has 0 unspecified atom stereocenters. The molecule has 2 radical (unpaired) electrons. The van der Waals surface area contributed by atoms with E-state index < -0.39 is 0 Å². The Morgan fingerprint density at radius 2 is 2.33 bits per heavy atom. The first kappa shape index (κ1) is 6.59. The summed E-state index contributed by atoms with van der Waals surface area (Å²) in [5.74, 6) is 0.417. The van der Waals surface area contributed by atoms with Gasteiger partial charge in [0.2, 0.25) is 0 Å². The first-order chi connectivity index (χ1) is 2.81. The summed E-state index contributed by atoms with van der Waals surface area (Å²) >= 11 is 0.863. The first-order valence-corrected chi connectivity index (χ1v) is 5.20. The van der Waals surface area contributed by atoms with Gasteiger partial charge in [-0.25, -0.2) is 0 Å². The van der Waals surface area contributed by atoms with Gasteiger partial charge in [-0.05, 0) is 0 Å². The van der Waals surface area contributed by atoms with Crippen LogP contribution in [0.3, 0.4) is 0 Å². The molecule has 34 valence electrons. The van der Waals surface area contributed by atoms with Crippen LogP contribution in [0.15, 0.2) is 0 Å². The SMILES string of the molecule is CCC(=O)[CH2][PbH]. The number of carbonyl (C=O) groups is 1. The summed E-state index contributed by atoms with van der Waals surface area (Å²) in [4.78, 5) is 10.2. The predicted octanol–water partition coefficient (Wildman–Crippen LogP) is 0.285. The van der Waals surface area contributed by atoms with E-state index in [1.165, 1.54) is 0 Å². The number of rotatable bonds is 2. The summed E-state index contributed by atoms with van der Waals surface area (Å²) in [6.07, 6.45) is 0.733. The molecule has 0 aliphatic rings. The van der Waals surface area contributed by atoms with Crippen LogP contribution in [0.1, 0.15) is 13.3 Å². The third kappa shape index (κ3) is 2.81. The van der Waals surface area contributed by atoms with Crippen LogP contribution in [0, 0.1) is 0 Å². The quantitative estimate of drug-likeness (QED) is 0.664. The molecule has 1 nitrogen and oxygen atoms in total. The molecular formula is C4H8OPb. The number of Topliss-reactive ketones (excluding diaryl/α,β-unsaturated/α-hetero) is 1. The van der Waals surface area contributed by atoms with Gasteiger partial charge in [0.25, 0.3) is 0 Å². The number of hydrogen-bond acceptors (Lipinski definition) is 1. The third-order valence-electron chi connectivity index (χ3n) is 0.622. The Kier molecular flexibility index (Phi) is 4.14. The first-order valence-electron chi connectivity index (χ1n) is 2.03. The van der Waals surface area contributed by atoms with E-state index in [1.54, 1.807) is 0 Å². The topological polar surface area (TPSA) is 17.1 Å². The van der Waals surface area contributed by atoms with Crippen LogP contribution in [0.2, 0.25) is 3.98 Å². The van der Waals surface area contributed by atoms with E-state index in [2.05, 4.69) is 0 Å². The van der Waals surface area contributed by atoms with Crippen LogP contribution in [0.5, 0.6) is 0 Å². The monoisotopic (exact) mass is 280 g/mol. The van der Waals surface area contributed by atoms with Crippen molar-refractivity contribution in [2.24, 2.45) is 0 Å². The van der Waals surface area contributed by atoms with E-state index in [0.717, 1.165) is 36.2 Å². The Labute approximate surface area is 53.8 Å². The third-order valence-corrected chi connectivity index (χ3v) is 2.39. The molecule has 0 saturated carbocycles. The normalized spacial score (nSPS) is 8.33. The van der Waals surface area contributed by atoms with Crippen molar-refractivity contribution in [1.29, 1.82) is 0 Å². The van der Waals surface area contributed by atoms with E-state index in [-0.39, 0.29) is 0 Å². The molecule has 0 aromatic rings. The molecule has 0 spiro atoms. The van der Waals surface area contributed by atoms with Crippen molar-refractivity contribution in [3.8, 4) is 0 Å². The van der Waals surface area contributed by atoms with Crippen molar-refractivity contribution in [2.45, 2.75) is 17.3 Å². The molecule has 6 heavy (non-hydrogen) atoms. The molecule has 2 heteroatoms. The van der Waals surface area contributed by atoms with Crippen molar-refractivity contribution in [2.75, 3.05) is 0 Å². The molecule has 0 rings (SSSR count). The van der Waals surface area contributed by atoms with E-state index in [1.807, 2.05) is 6.92 Å². The van der Waals surface area contributed by atoms with Gasteiger partial charge in [-0.1, -0.05) is 0 Å². The van der Waals surface area contributed by atoms with Gasteiger partial charge in [-0.3, -0.25) is 0 Å².